The minimum atomic E-state index is -0.787. The van der Waals surface area contributed by atoms with E-state index in [-0.39, 0.29) is 5.48 Å². The SMILES string of the molecule is CCCCCCCCCCCCCCCC[CH]([Co])C(=O)O.O. The van der Waals surface area contributed by atoms with E-state index in [2.05, 4.69) is 22.7 Å². The van der Waals surface area contributed by atoms with Crippen LogP contribution in [0.1, 0.15) is 103 Å². The number of aliphatic carboxylic acids is 1. The average Bonchev–Trinajstić information content (AvgIpc) is 2.47. The van der Waals surface area contributed by atoms with Gasteiger partial charge in [0, 0.05) is 0 Å². The molecule has 0 aromatic carbocycles. The summed E-state index contributed by atoms with van der Waals surface area (Å²) >= 11 is 4.09. The summed E-state index contributed by atoms with van der Waals surface area (Å²) in [5.41, 5.74) is 0. The molecule has 3 nitrogen and oxygen atoms in total. The molecule has 0 spiro atoms. The fourth-order valence-electron chi connectivity index (χ4n) is 2.63. The van der Waals surface area contributed by atoms with E-state index in [0.29, 0.717) is 6.42 Å². The van der Waals surface area contributed by atoms with E-state index in [1.165, 1.54) is 77.0 Å². The summed E-state index contributed by atoms with van der Waals surface area (Å²) in [6.45, 7) is 2.27. The standard InChI is InChI=1S/C18H35O2.Co.H2O/c1-2-3-4-5-6-7-8-9-10-11-12-13-14-15-16-17-18(19)20;;/h17H,2-16H2,1H3,(H,19,20);;1H2. The maximum atomic E-state index is 10.6. The number of carboxylic acid groups (broad SMARTS) is 1. The van der Waals surface area contributed by atoms with E-state index in [4.69, 9.17) is 5.11 Å². The summed E-state index contributed by atoms with van der Waals surface area (Å²) in [6.07, 6.45) is 19.4. The van der Waals surface area contributed by atoms with Crippen LogP contribution in [0, 0.1) is 0 Å². The van der Waals surface area contributed by atoms with E-state index in [1.807, 2.05) is 0 Å². The Morgan fingerprint density at radius 2 is 1.09 bits per heavy atom. The maximum absolute atomic E-state index is 10.6. The number of carboxylic acids is 1. The Bertz CT molecular complexity index is 234. The van der Waals surface area contributed by atoms with Crippen molar-refractivity contribution in [1.82, 2.24) is 0 Å². The van der Waals surface area contributed by atoms with Crippen molar-refractivity contribution in [1.29, 1.82) is 0 Å². The van der Waals surface area contributed by atoms with Crippen LogP contribution in [0.15, 0.2) is 0 Å². The molecule has 22 heavy (non-hydrogen) atoms. The van der Waals surface area contributed by atoms with E-state index in [1.54, 1.807) is 0 Å². The second-order valence-corrected chi connectivity index (χ2v) is 6.89. The number of rotatable bonds is 16. The van der Waals surface area contributed by atoms with Crippen LogP contribution in [0.4, 0.5) is 0 Å². The number of hydrogen-bond donors (Lipinski definition) is 1. The molecular formula is C18H37CoO3. The molecule has 3 N–H and O–H groups in total. The Kier molecular flexibility index (Phi) is 20.9. The molecule has 0 aromatic rings. The zero-order valence-corrected chi connectivity index (χ0v) is 15.4. The van der Waals surface area contributed by atoms with Gasteiger partial charge in [-0.05, 0) is 0 Å². The van der Waals surface area contributed by atoms with Crippen molar-refractivity contribution in [2.75, 3.05) is 0 Å². The van der Waals surface area contributed by atoms with E-state index >= 15 is 0 Å². The van der Waals surface area contributed by atoms with Crippen LogP contribution in [-0.4, -0.2) is 16.6 Å². The normalized spacial score (nSPS) is 12.0. The predicted molar refractivity (Wildman–Crippen MR) is 89.9 cm³/mol. The first-order chi connectivity index (χ1) is 10.2. The van der Waals surface area contributed by atoms with Crippen LogP contribution < -0.4 is 0 Å². The molecule has 136 valence electrons. The van der Waals surface area contributed by atoms with Crippen LogP contribution in [-0.2, 0) is 20.5 Å². The van der Waals surface area contributed by atoms with Gasteiger partial charge in [0.25, 0.3) is 0 Å². The number of carbonyl (C=O) groups is 1. The fourth-order valence-corrected chi connectivity index (χ4v) is 2.84. The van der Waals surface area contributed by atoms with Crippen LogP contribution in [0.2, 0.25) is 4.85 Å². The third-order valence-electron chi connectivity index (χ3n) is 4.06. The molecule has 1 atom stereocenters. The largest absolute Gasteiger partial charge is 0.412 e. The summed E-state index contributed by atoms with van der Waals surface area (Å²) in [6, 6.07) is 0. The molecular weight excluding hydrogens is 323 g/mol. The zero-order valence-electron chi connectivity index (χ0n) is 14.4. The van der Waals surface area contributed by atoms with Crippen LogP contribution in [0.5, 0.6) is 0 Å². The molecule has 0 radical (unpaired) electrons. The molecule has 4 heteroatoms. The van der Waals surface area contributed by atoms with Crippen molar-refractivity contribution in [3.8, 4) is 0 Å². The zero-order chi connectivity index (χ0) is 15.8. The van der Waals surface area contributed by atoms with Gasteiger partial charge in [-0.1, -0.05) is 32.6 Å². The van der Waals surface area contributed by atoms with Crippen LogP contribution in [0.3, 0.4) is 0 Å². The van der Waals surface area contributed by atoms with Gasteiger partial charge < -0.3 is 5.48 Å². The molecule has 0 saturated heterocycles. The van der Waals surface area contributed by atoms with Gasteiger partial charge in [-0.3, -0.25) is 0 Å². The minimum Gasteiger partial charge on any atom is -0.412 e. The van der Waals surface area contributed by atoms with Crippen LogP contribution >= 0.6 is 0 Å². The van der Waals surface area contributed by atoms with Crippen molar-refractivity contribution >= 4 is 5.97 Å². The molecule has 0 aliphatic carbocycles. The molecule has 0 amide bonds. The topological polar surface area (TPSA) is 68.8 Å². The van der Waals surface area contributed by atoms with Gasteiger partial charge in [0.05, 0.1) is 0 Å². The summed E-state index contributed by atoms with van der Waals surface area (Å²) in [4.78, 5) is 10.1. The smallest absolute Gasteiger partial charge is 0.412 e. The molecule has 0 aromatic heterocycles. The molecule has 0 fully saturated rings. The summed E-state index contributed by atoms with van der Waals surface area (Å²) in [7, 11) is 0. The second kappa shape index (κ2) is 19.0. The van der Waals surface area contributed by atoms with Crippen molar-refractivity contribution < 1.29 is 31.1 Å². The van der Waals surface area contributed by atoms with Gasteiger partial charge in [0.1, 0.15) is 0 Å². The minimum absolute atomic E-state index is 0. The van der Waals surface area contributed by atoms with Gasteiger partial charge in [-0.2, -0.15) is 0 Å². The third-order valence-corrected chi connectivity index (χ3v) is 4.61. The van der Waals surface area contributed by atoms with Gasteiger partial charge in [-0.15, -0.1) is 0 Å². The summed E-state index contributed by atoms with van der Waals surface area (Å²) in [5.74, 6) is -0.787. The Morgan fingerprint density at radius 1 is 0.773 bits per heavy atom. The molecule has 0 aliphatic rings. The molecule has 1 unspecified atom stereocenters. The number of hydrogen-bond acceptors (Lipinski definition) is 1. The first kappa shape index (κ1) is 24.2. The Hall–Kier alpha value is -0.0635. The molecule has 0 bridgehead atoms. The molecule has 0 rings (SSSR count). The summed E-state index contributed by atoms with van der Waals surface area (Å²) < 4.78 is 0. The molecule has 0 aliphatic heterocycles. The Morgan fingerprint density at radius 3 is 1.41 bits per heavy atom. The Labute approximate surface area is 145 Å². The first-order valence-corrected chi connectivity index (χ1v) is 9.63. The van der Waals surface area contributed by atoms with Crippen LogP contribution in [0.25, 0.3) is 0 Å². The van der Waals surface area contributed by atoms with Crippen molar-refractivity contribution in [2.24, 2.45) is 0 Å². The Balaban J connectivity index is 0. The van der Waals surface area contributed by atoms with E-state index in [0.717, 1.165) is 12.8 Å². The number of unbranched alkanes of at least 4 members (excludes halogenated alkanes) is 13. The fraction of sp³-hybridized carbons (Fsp3) is 0.944. The molecule has 0 heterocycles. The van der Waals surface area contributed by atoms with E-state index < -0.39 is 10.8 Å². The predicted octanol–water partition coefficient (Wildman–Crippen LogP) is 5.45. The van der Waals surface area contributed by atoms with Crippen molar-refractivity contribution in [3.05, 3.63) is 0 Å². The van der Waals surface area contributed by atoms with Gasteiger partial charge >= 0.3 is 107 Å². The van der Waals surface area contributed by atoms with Gasteiger partial charge in [-0.25, -0.2) is 0 Å². The van der Waals surface area contributed by atoms with Gasteiger partial charge in [0.15, 0.2) is 0 Å². The first-order valence-electron chi connectivity index (χ1n) is 9.02. The van der Waals surface area contributed by atoms with E-state index in [9.17, 15) is 4.79 Å². The van der Waals surface area contributed by atoms with Crippen molar-refractivity contribution in [2.45, 2.75) is 108 Å². The monoisotopic (exact) mass is 360 g/mol. The summed E-state index contributed by atoms with van der Waals surface area (Å²) in [5, 5.41) is 8.71. The third kappa shape index (κ3) is 18.0. The maximum Gasteiger partial charge on any atom is -0.412 e. The average molecular weight is 360 g/mol. The van der Waals surface area contributed by atoms with Crippen molar-refractivity contribution in [3.63, 3.8) is 0 Å². The quantitative estimate of drug-likeness (QED) is 0.372. The van der Waals surface area contributed by atoms with Gasteiger partial charge in [0.2, 0.25) is 0 Å². The molecule has 0 saturated carbocycles. The second-order valence-electron chi connectivity index (χ2n) is 6.16.